The van der Waals surface area contributed by atoms with E-state index in [1.165, 1.54) is 0 Å². The Kier molecular flexibility index (Phi) is 5.51. The molecule has 25 heavy (non-hydrogen) atoms. The van der Waals surface area contributed by atoms with Gasteiger partial charge < -0.3 is 10.1 Å². The first-order valence-corrected chi connectivity index (χ1v) is 8.75. The van der Waals surface area contributed by atoms with Gasteiger partial charge in [0.1, 0.15) is 12.4 Å². The Morgan fingerprint density at radius 1 is 1.00 bits per heavy atom. The molecule has 0 aliphatic carbocycles. The van der Waals surface area contributed by atoms with Crippen molar-refractivity contribution in [3.8, 4) is 5.75 Å². The SMILES string of the molecule is Cc1ccc(Br)cc1C(=O)Nc1ccc(OCc2ccccc2)cc1. The molecule has 0 aliphatic heterocycles. The fourth-order valence-electron chi connectivity index (χ4n) is 2.41. The summed E-state index contributed by atoms with van der Waals surface area (Å²) in [4.78, 5) is 12.4. The lowest BCUT2D eigenvalue weighted by Crippen LogP contribution is -2.13. The molecule has 1 amide bonds. The highest BCUT2D eigenvalue weighted by Gasteiger charge is 2.10. The van der Waals surface area contributed by atoms with Crippen molar-refractivity contribution in [1.29, 1.82) is 0 Å². The molecule has 0 radical (unpaired) electrons. The second kappa shape index (κ2) is 7.99. The predicted octanol–water partition coefficient (Wildman–Crippen LogP) is 5.59. The summed E-state index contributed by atoms with van der Waals surface area (Å²) in [5.74, 6) is 0.636. The maximum Gasteiger partial charge on any atom is 0.255 e. The highest BCUT2D eigenvalue weighted by molar-refractivity contribution is 9.10. The summed E-state index contributed by atoms with van der Waals surface area (Å²) < 4.78 is 6.63. The minimum atomic E-state index is -0.128. The number of rotatable bonds is 5. The van der Waals surface area contributed by atoms with E-state index in [-0.39, 0.29) is 5.91 Å². The van der Waals surface area contributed by atoms with E-state index in [0.717, 1.165) is 27.0 Å². The fourth-order valence-corrected chi connectivity index (χ4v) is 2.77. The normalized spacial score (nSPS) is 10.3. The molecule has 0 heterocycles. The van der Waals surface area contributed by atoms with Crippen LogP contribution in [0.2, 0.25) is 0 Å². The second-order valence-electron chi connectivity index (χ2n) is 5.71. The molecule has 0 aromatic heterocycles. The number of benzene rings is 3. The molecule has 126 valence electrons. The van der Waals surface area contributed by atoms with E-state index in [0.29, 0.717) is 12.2 Å². The minimum Gasteiger partial charge on any atom is -0.489 e. The topological polar surface area (TPSA) is 38.3 Å². The van der Waals surface area contributed by atoms with Crippen LogP contribution >= 0.6 is 15.9 Å². The fraction of sp³-hybridized carbons (Fsp3) is 0.0952. The predicted molar refractivity (Wildman–Crippen MR) is 104 cm³/mol. The number of anilines is 1. The van der Waals surface area contributed by atoms with E-state index >= 15 is 0 Å². The van der Waals surface area contributed by atoms with Crippen molar-refractivity contribution >= 4 is 27.5 Å². The highest BCUT2D eigenvalue weighted by Crippen LogP contribution is 2.20. The van der Waals surface area contributed by atoms with Crippen molar-refractivity contribution in [2.24, 2.45) is 0 Å². The average molecular weight is 396 g/mol. The number of nitrogens with one attached hydrogen (secondary N) is 1. The monoisotopic (exact) mass is 395 g/mol. The third kappa shape index (κ3) is 4.70. The molecule has 0 spiro atoms. The molecule has 0 atom stereocenters. The van der Waals surface area contributed by atoms with Crippen molar-refractivity contribution in [2.45, 2.75) is 13.5 Å². The van der Waals surface area contributed by atoms with Crippen LogP contribution in [0.1, 0.15) is 21.5 Å². The molecule has 3 aromatic rings. The molecule has 0 saturated carbocycles. The van der Waals surface area contributed by atoms with Crippen LogP contribution in [0.3, 0.4) is 0 Å². The summed E-state index contributed by atoms with van der Waals surface area (Å²) >= 11 is 3.40. The molecular formula is C21H18BrNO2. The van der Waals surface area contributed by atoms with Crippen molar-refractivity contribution in [2.75, 3.05) is 5.32 Å². The van der Waals surface area contributed by atoms with E-state index in [1.54, 1.807) is 0 Å². The van der Waals surface area contributed by atoms with Gasteiger partial charge in [-0.25, -0.2) is 0 Å². The van der Waals surface area contributed by atoms with Gasteiger partial charge in [-0.2, -0.15) is 0 Å². The summed E-state index contributed by atoms with van der Waals surface area (Å²) in [6, 6.07) is 23.0. The summed E-state index contributed by atoms with van der Waals surface area (Å²) in [6.45, 7) is 2.44. The Morgan fingerprint density at radius 2 is 1.72 bits per heavy atom. The number of carbonyl (C=O) groups excluding carboxylic acids is 1. The molecule has 0 aliphatic rings. The van der Waals surface area contributed by atoms with Gasteiger partial charge in [-0.05, 0) is 54.4 Å². The second-order valence-corrected chi connectivity index (χ2v) is 6.63. The third-order valence-electron chi connectivity index (χ3n) is 3.80. The van der Waals surface area contributed by atoms with Gasteiger partial charge in [0.05, 0.1) is 0 Å². The Balaban J connectivity index is 1.62. The van der Waals surface area contributed by atoms with Crippen LogP contribution in [-0.2, 0) is 6.61 Å². The maximum absolute atomic E-state index is 12.4. The van der Waals surface area contributed by atoms with Gasteiger partial charge in [0.25, 0.3) is 5.91 Å². The van der Waals surface area contributed by atoms with E-state index in [9.17, 15) is 4.79 Å². The molecule has 4 heteroatoms. The minimum absolute atomic E-state index is 0.128. The number of ether oxygens (including phenoxy) is 1. The van der Waals surface area contributed by atoms with E-state index in [4.69, 9.17) is 4.74 Å². The van der Waals surface area contributed by atoms with Gasteiger partial charge in [-0.15, -0.1) is 0 Å². The lowest BCUT2D eigenvalue weighted by Gasteiger charge is -2.10. The van der Waals surface area contributed by atoms with E-state index < -0.39 is 0 Å². The number of aryl methyl sites for hydroxylation is 1. The summed E-state index contributed by atoms with van der Waals surface area (Å²) in [5, 5.41) is 2.91. The maximum atomic E-state index is 12.4. The van der Waals surface area contributed by atoms with Gasteiger partial charge in [-0.3, -0.25) is 4.79 Å². The van der Waals surface area contributed by atoms with Gasteiger partial charge in [0.15, 0.2) is 0 Å². The highest BCUT2D eigenvalue weighted by atomic mass is 79.9. The van der Waals surface area contributed by atoms with Crippen LogP contribution in [-0.4, -0.2) is 5.91 Å². The number of hydrogen-bond acceptors (Lipinski definition) is 2. The number of hydrogen-bond donors (Lipinski definition) is 1. The molecule has 0 bridgehead atoms. The Morgan fingerprint density at radius 3 is 2.44 bits per heavy atom. The first kappa shape index (κ1) is 17.2. The lowest BCUT2D eigenvalue weighted by molar-refractivity contribution is 0.102. The van der Waals surface area contributed by atoms with Crippen LogP contribution in [0.4, 0.5) is 5.69 Å². The van der Waals surface area contributed by atoms with Crippen LogP contribution in [0.25, 0.3) is 0 Å². The van der Waals surface area contributed by atoms with Gasteiger partial charge in [0, 0.05) is 15.7 Å². The molecular weight excluding hydrogens is 378 g/mol. The van der Waals surface area contributed by atoms with E-state index in [1.807, 2.05) is 79.7 Å². The Bertz CT molecular complexity index is 861. The lowest BCUT2D eigenvalue weighted by atomic mass is 10.1. The molecule has 0 fully saturated rings. The van der Waals surface area contributed by atoms with Crippen LogP contribution in [0, 0.1) is 6.92 Å². The molecule has 0 saturated heterocycles. The summed E-state index contributed by atoms with van der Waals surface area (Å²) in [5.41, 5.74) is 3.43. The Labute approximate surface area is 155 Å². The van der Waals surface area contributed by atoms with Crippen molar-refractivity contribution in [3.05, 3.63) is 94.0 Å². The Hall–Kier alpha value is -2.59. The molecule has 3 aromatic carbocycles. The van der Waals surface area contributed by atoms with Crippen molar-refractivity contribution in [3.63, 3.8) is 0 Å². The largest absolute Gasteiger partial charge is 0.489 e. The van der Waals surface area contributed by atoms with Crippen LogP contribution in [0.15, 0.2) is 77.3 Å². The average Bonchev–Trinajstić information content (AvgIpc) is 2.64. The smallest absolute Gasteiger partial charge is 0.255 e. The first-order valence-electron chi connectivity index (χ1n) is 7.96. The molecule has 0 unspecified atom stereocenters. The summed E-state index contributed by atoms with van der Waals surface area (Å²) in [6.07, 6.45) is 0. The van der Waals surface area contributed by atoms with Crippen LogP contribution < -0.4 is 10.1 Å². The number of halogens is 1. The standard InChI is InChI=1S/C21H18BrNO2/c1-15-7-8-17(22)13-20(15)21(24)23-18-9-11-19(12-10-18)25-14-16-5-3-2-4-6-16/h2-13H,14H2,1H3,(H,23,24). The van der Waals surface area contributed by atoms with Crippen molar-refractivity contribution in [1.82, 2.24) is 0 Å². The zero-order valence-corrected chi connectivity index (χ0v) is 15.4. The zero-order chi connectivity index (χ0) is 17.6. The van der Waals surface area contributed by atoms with Gasteiger partial charge in [-0.1, -0.05) is 52.3 Å². The van der Waals surface area contributed by atoms with Crippen molar-refractivity contribution < 1.29 is 9.53 Å². The first-order chi connectivity index (χ1) is 12.1. The third-order valence-corrected chi connectivity index (χ3v) is 4.30. The zero-order valence-electron chi connectivity index (χ0n) is 13.8. The molecule has 1 N–H and O–H groups in total. The van der Waals surface area contributed by atoms with Gasteiger partial charge >= 0.3 is 0 Å². The molecule has 3 nitrogen and oxygen atoms in total. The van der Waals surface area contributed by atoms with E-state index in [2.05, 4.69) is 21.2 Å². The van der Waals surface area contributed by atoms with Crippen LogP contribution in [0.5, 0.6) is 5.75 Å². The molecule has 3 rings (SSSR count). The number of carbonyl (C=O) groups is 1. The van der Waals surface area contributed by atoms with Gasteiger partial charge in [0.2, 0.25) is 0 Å². The number of amides is 1. The summed E-state index contributed by atoms with van der Waals surface area (Å²) in [7, 11) is 0. The quantitative estimate of drug-likeness (QED) is 0.611.